The van der Waals surface area contributed by atoms with Gasteiger partial charge in [-0.2, -0.15) is 0 Å². The molecule has 2 aromatic rings. The van der Waals surface area contributed by atoms with Crippen LogP contribution in [0.25, 0.3) is 10.9 Å². The van der Waals surface area contributed by atoms with E-state index in [4.69, 9.17) is 10.2 Å². The largest absolute Gasteiger partial charge is 0.504 e. The van der Waals surface area contributed by atoms with Gasteiger partial charge in [0, 0.05) is 11.5 Å². The summed E-state index contributed by atoms with van der Waals surface area (Å²) in [5.74, 6) is -3.33. The third-order valence-corrected chi connectivity index (χ3v) is 2.51. The fourth-order valence-electron chi connectivity index (χ4n) is 1.77. The first-order chi connectivity index (χ1) is 8.40. The topological polar surface area (TPSA) is 120 Å². The van der Waals surface area contributed by atoms with E-state index in [1.54, 1.807) is 0 Å². The number of aromatic nitrogens is 1. The lowest BCUT2D eigenvalue weighted by Crippen LogP contribution is -2.14. The van der Waals surface area contributed by atoms with E-state index in [-0.39, 0.29) is 11.2 Å². The van der Waals surface area contributed by atoms with Crippen LogP contribution in [-0.2, 0) is 11.3 Å². The third-order valence-electron chi connectivity index (χ3n) is 2.51. The highest BCUT2D eigenvalue weighted by Gasteiger charge is 2.18. The van der Waals surface area contributed by atoms with E-state index < -0.39 is 30.0 Å². The Kier molecular flexibility index (Phi) is 2.59. The van der Waals surface area contributed by atoms with Crippen molar-refractivity contribution in [3.63, 3.8) is 0 Å². The van der Waals surface area contributed by atoms with Crippen molar-refractivity contribution < 1.29 is 30.0 Å². The molecule has 0 spiro atoms. The highest BCUT2D eigenvalue weighted by Crippen LogP contribution is 2.32. The van der Waals surface area contributed by atoms with Gasteiger partial charge >= 0.3 is 11.9 Å². The maximum Gasteiger partial charge on any atom is 0.352 e. The number of carboxylic acid groups (broad SMARTS) is 2. The van der Waals surface area contributed by atoms with Crippen molar-refractivity contribution in [3.8, 4) is 11.5 Å². The quantitative estimate of drug-likeness (QED) is 0.600. The lowest BCUT2D eigenvalue weighted by Gasteiger charge is -2.05. The Bertz CT molecular complexity index is 657. The minimum atomic E-state index is -1.29. The predicted molar refractivity (Wildman–Crippen MR) is 59.9 cm³/mol. The number of phenolic OH excluding ortho intramolecular Hbond substituents is 2. The fraction of sp³-hybridized carbons (Fsp3) is 0.0909. The number of hydrogen-bond donors (Lipinski definition) is 4. The van der Waals surface area contributed by atoms with Crippen molar-refractivity contribution in [2.24, 2.45) is 0 Å². The Hall–Kier alpha value is -2.70. The number of phenols is 2. The van der Waals surface area contributed by atoms with E-state index >= 15 is 0 Å². The van der Waals surface area contributed by atoms with Crippen LogP contribution in [0, 0.1) is 0 Å². The Morgan fingerprint density at radius 2 is 1.67 bits per heavy atom. The van der Waals surface area contributed by atoms with E-state index in [0.717, 1.165) is 10.6 Å². The SMILES string of the molecule is O=C(O)Cn1c(C(=O)O)cc2cc(O)c(O)cc21. The zero-order chi connectivity index (χ0) is 13.4. The summed E-state index contributed by atoms with van der Waals surface area (Å²) < 4.78 is 1.04. The van der Waals surface area contributed by atoms with Gasteiger partial charge in [0.05, 0.1) is 5.52 Å². The van der Waals surface area contributed by atoms with Gasteiger partial charge in [-0.1, -0.05) is 0 Å². The molecule has 18 heavy (non-hydrogen) atoms. The Morgan fingerprint density at radius 3 is 2.22 bits per heavy atom. The molecular formula is C11H9NO6. The van der Waals surface area contributed by atoms with E-state index in [2.05, 4.69) is 0 Å². The standard InChI is InChI=1S/C11H9NO6/c13-8-2-5-1-7(11(17)18)12(4-10(15)16)6(5)3-9(8)14/h1-3,13-14H,4H2,(H,15,16)(H,17,18). The summed E-state index contributed by atoms with van der Waals surface area (Å²) in [6.45, 7) is -0.546. The zero-order valence-electron chi connectivity index (χ0n) is 8.99. The molecule has 94 valence electrons. The number of aliphatic carboxylic acids is 1. The van der Waals surface area contributed by atoms with Crippen LogP contribution < -0.4 is 0 Å². The molecule has 0 radical (unpaired) electrons. The van der Waals surface area contributed by atoms with Gasteiger partial charge in [0.2, 0.25) is 0 Å². The molecule has 0 aliphatic heterocycles. The first kappa shape index (κ1) is 11.8. The van der Waals surface area contributed by atoms with Gasteiger partial charge < -0.3 is 25.0 Å². The molecule has 0 aliphatic carbocycles. The van der Waals surface area contributed by atoms with Crippen LogP contribution in [0.2, 0.25) is 0 Å². The molecule has 0 unspecified atom stereocenters. The molecule has 0 fully saturated rings. The molecule has 0 saturated heterocycles. The van der Waals surface area contributed by atoms with Crippen molar-refractivity contribution in [1.82, 2.24) is 4.57 Å². The van der Waals surface area contributed by atoms with Gasteiger partial charge in [-0.05, 0) is 12.1 Å². The zero-order valence-corrected chi connectivity index (χ0v) is 8.99. The number of aromatic hydroxyl groups is 2. The molecule has 0 atom stereocenters. The molecule has 0 amide bonds. The highest BCUT2D eigenvalue weighted by atomic mass is 16.4. The summed E-state index contributed by atoms with van der Waals surface area (Å²) in [5, 5.41) is 36.7. The van der Waals surface area contributed by atoms with E-state index in [0.29, 0.717) is 5.39 Å². The lowest BCUT2D eigenvalue weighted by molar-refractivity contribution is -0.137. The van der Waals surface area contributed by atoms with Gasteiger partial charge in [0.25, 0.3) is 0 Å². The lowest BCUT2D eigenvalue weighted by atomic mass is 10.2. The minimum absolute atomic E-state index is 0.225. The number of carboxylic acids is 2. The second-order valence-electron chi connectivity index (χ2n) is 3.71. The summed E-state index contributed by atoms with van der Waals surface area (Å²) in [6.07, 6.45) is 0. The molecule has 7 nitrogen and oxygen atoms in total. The summed E-state index contributed by atoms with van der Waals surface area (Å²) >= 11 is 0. The monoisotopic (exact) mass is 251 g/mol. The summed E-state index contributed by atoms with van der Waals surface area (Å²) in [7, 11) is 0. The molecule has 1 aromatic heterocycles. The number of benzene rings is 1. The molecule has 0 saturated carbocycles. The number of rotatable bonds is 3. The highest BCUT2D eigenvalue weighted by molar-refractivity contribution is 5.96. The molecular weight excluding hydrogens is 242 g/mol. The van der Waals surface area contributed by atoms with Gasteiger partial charge in [-0.3, -0.25) is 4.79 Å². The number of fused-ring (bicyclic) bond motifs is 1. The molecule has 0 bridgehead atoms. The van der Waals surface area contributed by atoms with Crippen molar-refractivity contribution in [2.75, 3.05) is 0 Å². The molecule has 7 heteroatoms. The Morgan fingerprint density at radius 1 is 1.06 bits per heavy atom. The van der Waals surface area contributed by atoms with Crippen LogP contribution in [-0.4, -0.2) is 36.9 Å². The van der Waals surface area contributed by atoms with E-state index in [1.165, 1.54) is 12.1 Å². The predicted octanol–water partition coefficient (Wildman–Crippen LogP) is 0.835. The smallest absolute Gasteiger partial charge is 0.352 e. The molecule has 2 rings (SSSR count). The normalized spacial score (nSPS) is 10.7. The number of hydrogen-bond acceptors (Lipinski definition) is 4. The van der Waals surface area contributed by atoms with Crippen molar-refractivity contribution in [1.29, 1.82) is 0 Å². The van der Waals surface area contributed by atoms with Gasteiger partial charge in [-0.25, -0.2) is 4.79 Å². The van der Waals surface area contributed by atoms with Crippen molar-refractivity contribution in [3.05, 3.63) is 23.9 Å². The number of aromatic carboxylic acids is 1. The Labute approximate surface area is 100 Å². The maximum absolute atomic E-state index is 11.0. The van der Waals surface area contributed by atoms with Gasteiger partial charge in [-0.15, -0.1) is 0 Å². The third kappa shape index (κ3) is 1.81. The van der Waals surface area contributed by atoms with Crippen LogP contribution in [0.5, 0.6) is 11.5 Å². The van der Waals surface area contributed by atoms with Crippen LogP contribution >= 0.6 is 0 Å². The van der Waals surface area contributed by atoms with E-state index in [1.807, 2.05) is 0 Å². The van der Waals surface area contributed by atoms with Crippen LogP contribution in [0.15, 0.2) is 18.2 Å². The Balaban J connectivity index is 2.76. The molecule has 1 heterocycles. The van der Waals surface area contributed by atoms with Gasteiger partial charge in [0.15, 0.2) is 11.5 Å². The first-order valence-corrected chi connectivity index (χ1v) is 4.90. The molecule has 4 N–H and O–H groups in total. The second-order valence-corrected chi connectivity index (χ2v) is 3.71. The van der Waals surface area contributed by atoms with Gasteiger partial charge in [0.1, 0.15) is 12.2 Å². The van der Waals surface area contributed by atoms with E-state index in [9.17, 15) is 19.8 Å². The average Bonchev–Trinajstić information content (AvgIpc) is 2.57. The second kappa shape index (κ2) is 3.95. The average molecular weight is 251 g/mol. The summed E-state index contributed by atoms with van der Waals surface area (Å²) in [4.78, 5) is 21.7. The molecule has 1 aromatic carbocycles. The van der Waals surface area contributed by atoms with Crippen molar-refractivity contribution >= 4 is 22.8 Å². The summed E-state index contributed by atoms with van der Waals surface area (Å²) in [6, 6.07) is 3.54. The van der Waals surface area contributed by atoms with Crippen molar-refractivity contribution in [2.45, 2.75) is 6.54 Å². The van der Waals surface area contributed by atoms with Crippen LogP contribution in [0.1, 0.15) is 10.5 Å². The number of nitrogens with zero attached hydrogens (tertiary/aromatic N) is 1. The van der Waals surface area contributed by atoms with Crippen LogP contribution in [0.4, 0.5) is 0 Å². The molecule has 0 aliphatic rings. The maximum atomic E-state index is 11.0. The summed E-state index contributed by atoms with van der Waals surface area (Å²) in [5.41, 5.74) is 0.00231. The number of carbonyl (C=O) groups is 2. The van der Waals surface area contributed by atoms with Crippen LogP contribution in [0.3, 0.4) is 0 Å². The minimum Gasteiger partial charge on any atom is -0.504 e. The fourth-order valence-corrected chi connectivity index (χ4v) is 1.77. The first-order valence-electron chi connectivity index (χ1n) is 4.90.